The number of nitrogens with zero attached hydrogens (tertiary/aromatic N) is 1. The first kappa shape index (κ1) is 25.9. The van der Waals surface area contributed by atoms with Crippen molar-refractivity contribution in [2.45, 2.75) is 62.1 Å². The molecule has 9 heteroatoms. The molecule has 1 fully saturated rings. The van der Waals surface area contributed by atoms with E-state index in [9.17, 15) is 18.3 Å². The van der Waals surface area contributed by atoms with Gasteiger partial charge in [-0.3, -0.25) is 4.79 Å². The molecule has 1 heterocycles. The number of sulfone groups is 1. The van der Waals surface area contributed by atoms with Gasteiger partial charge in [-0.25, -0.2) is 14.3 Å². The highest BCUT2D eigenvalue weighted by molar-refractivity contribution is 7.93. The van der Waals surface area contributed by atoms with Crippen LogP contribution in [0.2, 0.25) is 0 Å². The van der Waals surface area contributed by atoms with Gasteiger partial charge in [0.05, 0.1) is 4.90 Å². The number of rotatable bonds is 8. The van der Waals surface area contributed by atoms with Gasteiger partial charge >= 0.3 is 5.97 Å². The third-order valence-electron chi connectivity index (χ3n) is 5.59. The van der Waals surface area contributed by atoms with Gasteiger partial charge in [0.2, 0.25) is 0 Å². The Morgan fingerprint density at radius 1 is 1.20 bits per heavy atom. The molecule has 0 amide bonds. The highest BCUT2D eigenvalue weighted by Crippen LogP contribution is 2.37. The molecule has 1 aromatic rings. The van der Waals surface area contributed by atoms with Crippen LogP contribution in [-0.2, 0) is 14.6 Å². The average molecular weight is 441 g/mol. The number of hydrogen-bond acceptors (Lipinski definition) is 7. The van der Waals surface area contributed by atoms with Crippen molar-refractivity contribution in [2.24, 2.45) is 5.90 Å². The van der Waals surface area contributed by atoms with Gasteiger partial charge in [-0.15, -0.1) is 5.92 Å². The molecule has 4 N–H and O–H groups in total. The lowest BCUT2D eigenvalue weighted by molar-refractivity contribution is -0.141. The number of benzene rings is 1. The summed E-state index contributed by atoms with van der Waals surface area (Å²) < 4.78 is 30.2. The van der Waals surface area contributed by atoms with Crippen molar-refractivity contribution in [1.29, 1.82) is 0 Å². The molecular weight excluding hydrogens is 408 g/mol. The molecule has 0 bridgehead atoms. The minimum absolute atomic E-state index is 0.0137. The van der Waals surface area contributed by atoms with E-state index in [1.54, 1.807) is 19.1 Å². The quantitative estimate of drug-likeness (QED) is 0.415. The number of nitrogens with two attached hydrogens (primary N) is 1. The first-order chi connectivity index (χ1) is 14.3. The standard InChI is InChI=1S/C21H29NO5S.H3NO/c1-4-7-16-27-18-8-10-19(11-9-18)28(25,26)21(20(23)24)12-14-22(15-13-21)17(5-2)6-3;1-2/h8-11,17H,5-6,12-16H2,1-3H3,(H,23,24);2H,1H2. The van der Waals surface area contributed by atoms with Gasteiger partial charge in [0.15, 0.2) is 14.6 Å². The van der Waals surface area contributed by atoms with Gasteiger partial charge in [-0.05, 0) is 56.9 Å². The van der Waals surface area contributed by atoms with Crippen LogP contribution < -0.4 is 10.6 Å². The number of ether oxygens (including phenoxy) is 1. The van der Waals surface area contributed by atoms with Crippen LogP contribution in [0.1, 0.15) is 46.5 Å². The van der Waals surface area contributed by atoms with Crippen LogP contribution in [0.4, 0.5) is 0 Å². The molecule has 1 aromatic carbocycles. The zero-order valence-corrected chi connectivity index (χ0v) is 18.6. The minimum atomic E-state index is -4.04. The zero-order chi connectivity index (χ0) is 22.8. The lowest BCUT2D eigenvalue weighted by atomic mass is 9.94. The normalized spacial score (nSPS) is 16.1. The first-order valence-electron chi connectivity index (χ1n) is 9.92. The van der Waals surface area contributed by atoms with Crippen LogP contribution in [0.3, 0.4) is 0 Å². The summed E-state index contributed by atoms with van der Waals surface area (Å²) in [6, 6.07) is 6.28. The molecule has 0 aromatic heterocycles. The van der Waals surface area contributed by atoms with Gasteiger partial charge in [0.25, 0.3) is 0 Å². The van der Waals surface area contributed by atoms with E-state index in [-0.39, 0.29) is 24.3 Å². The maximum absolute atomic E-state index is 13.3. The van der Waals surface area contributed by atoms with E-state index in [1.807, 2.05) is 0 Å². The Labute approximate surface area is 178 Å². The summed E-state index contributed by atoms with van der Waals surface area (Å²) in [5.74, 6) is 8.20. The predicted molar refractivity (Wildman–Crippen MR) is 114 cm³/mol. The Kier molecular flexibility index (Phi) is 10.3. The molecule has 0 spiro atoms. The van der Waals surface area contributed by atoms with E-state index >= 15 is 0 Å². The van der Waals surface area contributed by atoms with Crippen molar-refractivity contribution in [3.05, 3.63) is 24.3 Å². The maximum Gasteiger partial charge on any atom is 0.325 e. The topological polar surface area (TPSA) is 130 Å². The fourth-order valence-corrected chi connectivity index (χ4v) is 5.68. The highest BCUT2D eigenvalue weighted by Gasteiger charge is 2.53. The molecule has 30 heavy (non-hydrogen) atoms. The van der Waals surface area contributed by atoms with Crippen molar-refractivity contribution in [3.63, 3.8) is 0 Å². The molecule has 0 unspecified atom stereocenters. The van der Waals surface area contributed by atoms with Gasteiger partial charge in [-0.1, -0.05) is 19.8 Å². The summed E-state index contributed by atoms with van der Waals surface area (Å²) in [5.41, 5.74) is 0. The number of hydrogen-bond donors (Lipinski definition) is 3. The molecule has 0 aliphatic carbocycles. The van der Waals surface area contributed by atoms with E-state index in [2.05, 4.69) is 36.5 Å². The third-order valence-corrected chi connectivity index (χ3v) is 8.10. The van der Waals surface area contributed by atoms with E-state index < -0.39 is 20.6 Å². The van der Waals surface area contributed by atoms with Crippen LogP contribution >= 0.6 is 0 Å². The van der Waals surface area contributed by atoms with Gasteiger partial charge < -0.3 is 20.0 Å². The smallest absolute Gasteiger partial charge is 0.325 e. The summed E-state index contributed by atoms with van der Waals surface area (Å²) in [6.07, 6.45) is 2.11. The molecule has 1 saturated heterocycles. The van der Waals surface area contributed by atoms with Crippen molar-refractivity contribution in [3.8, 4) is 17.6 Å². The molecular formula is C21H32N2O6S. The zero-order valence-electron chi connectivity index (χ0n) is 17.8. The molecule has 0 atom stereocenters. The number of carbonyl (C=O) groups is 1. The van der Waals surface area contributed by atoms with Crippen LogP contribution in [0, 0.1) is 11.8 Å². The second-order valence-electron chi connectivity index (χ2n) is 7.00. The molecule has 0 radical (unpaired) electrons. The summed E-state index contributed by atoms with van der Waals surface area (Å²) in [7, 11) is -4.04. The first-order valence-corrected chi connectivity index (χ1v) is 11.4. The second kappa shape index (κ2) is 11.9. The predicted octanol–water partition coefficient (Wildman–Crippen LogP) is 2.30. The van der Waals surface area contributed by atoms with Crippen LogP contribution in [0.15, 0.2) is 29.2 Å². The minimum Gasteiger partial charge on any atom is -0.481 e. The Hall–Kier alpha value is -2.12. The highest BCUT2D eigenvalue weighted by atomic mass is 32.2. The van der Waals surface area contributed by atoms with Crippen molar-refractivity contribution in [2.75, 3.05) is 19.7 Å². The molecule has 2 rings (SSSR count). The van der Waals surface area contributed by atoms with Gasteiger partial charge in [0.1, 0.15) is 12.4 Å². The van der Waals surface area contributed by atoms with E-state index in [4.69, 9.17) is 9.94 Å². The fraction of sp³-hybridized carbons (Fsp3) is 0.571. The van der Waals surface area contributed by atoms with Crippen molar-refractivity contribution < 1.29 is 28.3 Å². The summed E-state index contributed by atoms with van der Waals surface area (Å²) in [6.45, 7) is 7.05. The van der Waals surface area contributed by atoms with E-state index in [0.29, 0.717) is 24.9 Å². The summed E-state index contributed by atoms with van der Waals surface area (Å²) >= 11 is 0. The second-order valence-corrected chi connectivity index (χ2v) is 9.26. The summed E-state index contributed by atoms with van der Waals surface area (Å²) in [5, 5.41) is 16.4. The Bertz CT molecular complexity index is 830. The molecule has 168 valence electrons. The number of piperidine rings is 1. The largest absolute Gasteiger partial charge is 0.481 e. The Morgan fingerprint density at radius 2 is 1.73 bits per heavy atom. The van der Waals surface area contributed by atoms with Crippen molar-refractivity contribution >= 4 is 15.8 Å². The SMILES string of the molecule is CC#CCOc1ccc(S(=O)(=O)C2(C(=O)O)CCN(C(CC)CC)CC2)cc1.NO. The van der Waals surface area contributed by atoms with Crippen LogP contribution in [0.5, 0.6) is 5.75 Å². The number of aliphatic carboxylic acids is 1. The number of likely N-dealkylation sites (tertiary alicyclic amines) is 1. The lowest BCUT2D eigenvalue weighted by Gasteiger charge is -2.41. The summed E-state index contributed by atoms with van der Waals surface area (Å²) in [4.78, 5) is 14.3. The Morgan fingerprint density at radius 3 is 2.17 bits per heavy atom. The molecule has 8 nitrogen and oxygen atoms in total. The van der Waals surface area contributed by atoms with E-state index in [0.717, 1.165) is 12.8 Å². The molecule has 1 aliphatic rings. The van der Waals surface area contributed by atoms with Crippen molar-refractivity contribution in [1.82, 2.24) is 4.90 Å². The number of carboxylic acid groups (broad SMARTS) is 1. The van der Waals surface area contributed by atoms with Gasteiger partial charge in [0, 0.05) is 19.1 Å². The average Bonchev–Trinajstić information content (AvgIpc) is 2.77. The van der Waals surface area contributed by atoms with Crippen LogP contribution in [-0.4, -0.2) is 60.1 Å². The molecule has 0 saturated carbocycles. The van der Waals surface area contributed by atoms with Crippen LogP contribution in [0.25, 0.3) is 0 Å². The maximum atomic E-state index is 13.3. The monoisotopic (exact) mass is 440 g/mol. The Balaban J connectivity index is 0.00000218. The lowest BCUT2D eigenvalue weighted by Crippen LogP contribution is -2.55. The fourth-order valence-electron chi connectivity index (χ4n) is 3.79. The number of carboxylic acids is 1. The van der Waals surface area contributed by atoms with Gasteiger partial charge in [-0.2, -0.15) is 0 Å². The van der Waals surface area contributed by atoms with E-state index in [1.165, 1.54) is 12.1 Å². The third kappa shape index (κ3) is 5.52. The molecule has 1 aliphatic heterocycles.